The fourth-order valence-electron chi connectivity index (χ4n) is 1.12. The molecule has 0 aliphatic carbocycles. The summed E-state index contributed by atoms with van der Waals surface area (Å²) in [5.41, 5.74) is -0.791. The Kier molecular flexibility index (Phi) is 4.33. The number of aliphatic carboxylic acids is 1. The Balaban J connectivity index is 4.34. The lowest BCUT2D eigenvalue weighted by Crippen LogP contribution is -2.39. The highest BCUT2D eigenvalue weighted by molar-refractivity contribution is 5.75. The van der Waals surface area contributed by atoms with Crippen LogP contribution < -0.4 is 5.32 Å². The van der Waals surface area contributed by atoms with Crippen molar-refractivity contribution in [2.24, 2.45) is 5.41 Å². The molecular formula is C8H15NO3. The van der Waals surface area contributed by atoms with Gasteiger partial charge in [0.25, 0.3) is 0 Å². The molecular weight excluding hydrogens is 158 g/mol. The number of hydrogen-bond acceptors (Lipinski definition) is 2. The molecule has 0 aliphatic rings. The van der Waals surface area contributed by atoms with E-state index < -0.39 is 11.4 Å². The number of carbonyl (C=O) groups is 2. The third kappa shape index (κ3) is 2.22. The zero-order chi connectivity index (χ0) is 9.61. The minimum absolute atomic E-state index is 0.207. The third-order valence-electron chi connectivity index (χ3n) is 2.33. The fraction of sp³-hybridized carbons (Fsp3) is 0.750. The van der Waals surface area contributed by atoms with Crippen molar-refractivity contribution in [3.8, 4) is 0 Å². The van der Waals surface area contributed by atoms with Crippen molar-refractivity contribution in [2.75, 3.05) is 6.54 Å². The SMILES string of the molecule is CCC(CC)(CNC=O)C(=O)O. The lowest BCUT2D eigenvalue weighted by atomic mass is 9.82. The van der Waals surface area contributed by atoms with Crippen LogP contribution in [0.3, 0.4) is 0 Å². The summed E-state index contributed by atoms with van der Waals surface area (Å²) in [6, 6.07) is 0. The van der Waals surface area contributed by atoms with Gasteiger partial charge in [0.1, 0.15) is 0 Å². The van der Waals surface area contributed by atoms with E-state index in [0.717, 1.165) is 0 Å². The summed E-state index contributed by atoms with van der Waals surface area (Å²) >= 11 is 0. The standard InChI is InChI=1S/C8H15NO3/c1-3-8(4-2,7(11)12)5-9-6-10/h6H,3-5H2,1-2H3,(H,9,10)(H,11,12). The molecule has 1 amide bonds. The topological polar surface area (TPSA) is 66.4 Å². The van der Waals surface area contributed by atoms with Gasteiger partial charge >= 0.3 is 5.97 Å². The smallest absolute Gasteiger partial charge is 0.311 e. The van der Waals surface area contributed by atoms with Crippen LogP contribution in [-0.4, -0.2) is 24.0 Å². The first-order valence-electron chi connectivity index (χ1n) is 4.03. The molecule has 0 rings (SSSR count). The van der Waals surface area contributed by atoms with E-state index in [2.05, 4.69) is 5.32 Å². The minimum atomic E-state index is -0.846. The first-order chi connectivity index (χ1) is 5.63. The molecule has 0 saturated carbocycles. The fourth-order valence-corrected chi connectivity index (χ4v) is 1.12. The monoisotopic (exact) mass is 173 g/mol. The summed E-state index contributed by atoms with van der Waals surface area (Å²) < 4.78 is 0. The van der Waals surface area contributed by atoms with Gasteiger partial charge in [-0.1, -0.05) is 13.8 Å². The Bertz CT molecular complexity index is 164. The Morgan fingerprint density at radius 1 is 1.50 bits per heavy atom. The first kappa shape index (κ1) is 10.9. The van der Waals surface area contributed by atoms with Crippen molar-refractivity contribution in [2.45, 2.75) is 26.7 Å². The maximum atomic E-state index is 10.8. The van der Waals surface area contributed by atoms with Crippen molar-refractivity contribution in [1.29, 1.82) is 0 Å². The summed E-state index contributed by atoms with van der Waals surface area (Å²) in [5, 5.41) is 11.3. The summed E-state index contributed by atoms with van der Waals surface area (Å²) in [7, 11) is 0. The van der Waals surface area contributed by atoms with Crippen LogP contribution in [0.2, 0.25) is 0 Å². The average Bonchev–Trinajstić information content (AvgIpc) is 2.07. The van der Waals surface area contributed by atoms with E-state index >= 15 is 0 Å². The van der Waals surface area contributed by atoms with E-state index in [-0.39, 0.29) is 6.54 Å². The number of rotatable bonds is 6. The van der Waals surface area contributed by atoms with Gasteiger partial charge in [-0.05, 0) is 12.8 Å². The van der Waals surface area contributed by atoms with E-state index in [0.29, 0.717) is 19.3 Å². The number of nitrogens with one attached hydrogen (secondary N) is 1. The molecule has 0 aromatic rings. The van der Waals surface area contributed by atoms with Crippen LogP contribution in [0.5, 0.6) is 0 Å². The van der Waals surface area contributed by atoms with Crippen LogP contribution in [0.25, 0.3) is 0 Å². The molecule has 70 valence electrons. The zero-order valence-electron chi connectivity index (χ0n) is 7.46. The third-order valence-corrected chi connectivity index (χ3v) is 2.33. The summed E-state index contributed by atoms with van der Waals surface area (Å²) in [6.07, 6.45) is 1.59. The van der Waals surface area contributed by atoms with E-state index in [4.69, 9.17) is 5.11 Å². The van der Waals surface area contributed by atoms with Crippen LogP contribution in [0, 0.1) is 5.41 Å². The van der Waals surface area contributed by atoms with Crippen LogP contribution in [0.4, 0.5) is 0 Å². The Morgan fingerprint density at radius 3 is 2.25 bits per heavy atom. The molecule has 0 aliphatic heterocycles. The number of carboxylic acids is 1. The molecule has 0 fully saturated rings. The second-order valence-electron chi connectivity index (χ2n) is 2.79. The van der Waals surface area contributed by atoms with Gasteiger partial charge in [-0.25, -0.2) is 0 Å². The number of amides is 1. The highest BCUT2D eigenvalue weighted by Crippen LogP contribution is 2.25. The van der Waals surface area contributed by atoms with Gasteiger partial charge in [-0.15, -0.1) is 0 Å². The highest BCUT2D eigenvalue weighted by atomic mass is 16.4. The Morgan fingerprint density at radius 2 is 2.00 bits per heavy atom. The second-order valence-corrected chi connectivity index (χ2v) is 2.79. The molecule has 0 aromatic heterocycles. The quantitative estimate of drug-likeness (QED) is 0.579. The number of carbonyl (C=O) groups excluding carboxylic acids is 1. The lowest BCUT2D eigenvalue weighted by Gasteiger charge is -2.25. The van der Waals surface area contributed by atoms with E-state index in [1.54, 1.807) is 0 Å². The molecule has 0 spiro atoms. The second kappa shape index (κ2) is 4.74. The van der Waals surface area contributed by atoms with Gasteiger partial charge in [0.05, 0.1) is 5.41 Å². The molecule has 0 atom stereocenters. The molecule has 2 N–H and O–H groups in total. The van der Waals surface area contributed by atoms with Gasteiger partial charge in [-0.2, -0.15) is 0 Å². The van der Waals surface area contributed by atoms with E-state index in [1.807, 2.05) is 13.8 Å². The van der Waals surface area contributed by atoms with Gasteiger partial charge in [0, 0.05) is 6.54 Å². The largest absolute Gasteiger partial charge is 0.481 e. The van der Waals surface area contributed by atoms with Crippen molar-refractivity contribution in [3.63, 3.8) is 0 Å². The van der Waals surface area contributed by atoms with Gasteiger partial charge < -0.3 is 10.4 Å². The lowest BCUT2D eigenvalue weighted by molar-refractivity contribution is -0.149. The van der Waals surface area contributed by atoms with Crippen molar-refractivity contribution in [3.05, 3.63) is 0 Å². The van der Waals surface area contributed by atoms with Crippen molar-refractivity contribution < 1.29 is 14.7 Å². The van der Waals surface area contributed by atoms with Crippen molar-refractivity contribution in [1.82, 2.24) is 5.32 Å². The predicted molar refractivity (Wildman–Crippen MR) is 44.7 cm³/mol. The van der Waals surface area contributed by atoms with E-state index in [9.17, 15) is 9.59 Å². The molecule has 4 heteroatoms. The molecule has 0 aromatic carbocycles. The van der Waals surface area contributed by atoms with Gasteiger partial charge in [0.2, 0.25) is 6.41 Å². The maximum Gasteiger partial charge on any atom is 0.311 e. The van der Waals surface area contributed by atoms with Crippen molar-refractivity contribution >= 4 is 12.4 Å². The minimum Gasteiger partial charge on any atom is -0.481 e. The van der Waals surface area contributed by atoms with Crippen LogP contribution in [0.15, 0.2) is 0 Å². The zero-order valence-corrected chi connectivity index (χ0v) is 7.46. The Labute approximate surface area is 72.0 Å². The average molecular weight is 173 g/mol. The Hall–Kier alpha value is -1.06. The summed E-state index contributed by atoms with van der Waals surface area (Å²) in [4.78, 5) is 20.8. The number of hydrogen-bond donors (Lipinski definition) is 2. The maximum absolute atomic E-state index is 10.8. The molecule has 0 saturated heterocycles. The van der Waals surface area contributed by atoms with Crippen LogP contribution in [-0.2, 0) is 9.59 Å². The van der Waals surface area contributed by atoms with E-state index in [1.165, 1.54) is 0 Å². The van der Waals surface area contributed by atoms with Crippen LogP contribution >= 0.6 is 0 Å². The van der Waals surface area contributed by atoms with Gasteiger partial charge in [-0.3, -0.25) is 9.59 Å². The molecule has 0 bridgehead atoms. The molecule has 0 heterocycles. The summed E-state index contributed by atoms with van der Waals surface area (Å²) in [5.74, 6) is -0.846. The molecule has 0 unspecified atom stereocenters. The molecule has 12 heavy (non-hydrogen) atoms. The molecule has 4 nitrogen and oxygen atoms in total. The van der Waals surface area contributed by atoms with Crippen LogP contribution in [0.1, 0.15) is 26.7 Å². The molecule has 0 radical (unpaired) electrons. The predicted octanol–water partition coefficient (Wildman–Crippen LogP) is 0.623. The number of carboxylic acid groups (broad SMARTS) is 1. The van der Waals surface area contributed by atoms with Gasteiger partial charge in [0.15, 0.2) is 0 Å². The first-order valence-corrected chi connectivity index (χ1v) is 4.03. The summed E-state index contributed by atoms with van der Waals surface area (Å²) in [6.45, 7) is 3.83. The highest BCUT2D eigenvalue weighted by Gasteiger charge is 2.34. The normalized spacial score (nSPS) is 10.8.